The molecule has 176 valence electrons. The second kappa shape index (κ2) is 10.9. The highest BCUT2D eigenvalue weighted by molar-refractivity contribution is 6.33. The van der Waals surface area contributed by atoms with Gasteiger partial charge in [-0.15, -0.1) is 0 Å². The Bertz CT molecular complexity index is 1220. The Hall–Kier alpha value is -3.74. The van der Waals surface area contributed by atoms with Crippen LogP contribution in [0.25, 0.3) is 0 Å². The van der Waals surface area contributed by atoms with Gasteiger partial charge in [0.1, 0.15) is 11.8 Å². The van der Waals surface area contributed by atoms with Gasteiger partial charge in [0, 0.05) is 35.1 Å². The summed E-state index contributed by atoms with van der Waals surface area (Å²) < 4.78 is 5.47. The second-order valence-electron chi connectivity index (χ2n) is 7.29. The Morgan fingerprint density at radius 3 is 2.71 bits per heavy atom. The molecule has 2 aromatic carbocycles. The third-order valence-corrected chi connectivity index (χ3v) is 5.50. The summed E-state index contributed by atoms with van der Waals surface area (Å²) in [6.45, 7) is 2.95. The molecule has 1 heterocycles. The summed E-state index contributed by atoms with van der Waals surface area (Å²) in [6.07, 6.45) is 0. The maximum atomic E-state index is 12.8. The summed E-state index contributed by atoms with van der Waals surface area (Å²) in [7, 11) is 0. The van der Waals surface area contributed by atoms with Crippen LogP contribution < -0.4 is 21.1 Å². The number of benzene rings is 2. The van der Waals surface area contributed by atoms with E-state index < -0.39 is 11.9 Å². The molecule has 11 heteroatoms. The lowest BCUT2D eigenvalue weighted by Crippen LogP contribution is -2.48. The lowest BCUT2D eigenvalue weighted by molar-refractivity contribution is -0.114. The Morgan fingerprint density at radius 2 is 2.06 bits per heavy atom. The molecule has 0 unspecified atom stereocenters. The number of urea groups is 1. The first kappa shape index (κ1) is 24.9. The number of primary amides is 1. The van der Waals surface area contributed by atoms with Gasteiger partial charge in [0.25, 0.3) is 5.91 Å². The molecule has 1 fully saturated rings. The van der Waals surface area contributed by atoms with Crippen molar-refractivity contribution in [3.05, 3.63) is 68.8 Å². The van der Waals surface area contributed by atoms with Gasteiger partial charge in [-0.2, -0.15) is 5.26 Å². The minimum absolute atomic E-state index is 0.0232. The van der Waals surface area contributed by atoms with Crippen LogP contribution in [-0.4, -0.2) is 48.8 Å². The number of ether oxygens (including phenoxy) is 1. The molecule has 34 heavy (non-hydrogen) atoms. The number of amides is 3. The minimum atomic E-state index is -0.813. The number of hydrogen-bond acceptors (Lipinski definition) is 6. The first-order valence-corrected chi connectivity index (χ1v) is 11.0. The highest BCUT2D eigenvalue weighted by Crippen LogP contribution is 2.25. The number of piperazine rings is 1. The van der Waals surface area contributed by atoms with Gasteiger partial charge in [0.15, 0.2) is 0 Å². The Morgan fingerprint density at radius 1 is 1.29 bits per heavy atom. The Labute approximate surface area is 206 Å². The third-order valence-electron chi connectivity index (χ3n) is 4.97. The van der Waals surface area contributed by atoms with Gasteiger partial charge in [0.2, 0.25) is 0 Å². The zero-order chi connectivity index (χ0) is 24.8. The number of rotatable bonds is 6. The third kappa shape index (κ3) is 5.78. The van der Waals surface area contributed by atoms with Crippen LogP contribution in [0.1, 0.15) is 18.1 Å². The fourth-order valence-corrected chi connectivity index (χ4v) is 3.87. The van der Waals surface area contributed by atoms with E-state index in [0.717, 1.165) is 0 Å². The molecule has 0 bridgehead atoms. The minimum Gasteiger partial charge on any atom is -0.494 e. The van der Waals surface area contributed by atoms with E-state index in [0.29, 0.717) is 53.0 Å². The van der Waals surface area contributed by atoms with Crippen molar-refractivity contribution in [1.29, 1.82) is 10.7 Å². The van der Waals surface area contributed by atoms with Crippen LogP contribution in [0, 0.1) is 16.7 Å². The number of nitrogens with zero attached hydrogens (tertiary/aromatic N) is 2. The molecule has 0 radical (unpaired) electrons. The summed E-state index contributed by atoms with van der Waals surface area (Å²) in [5, 5.41) is 24.0. The van der Waals surface area contributed by atoms with Crippen LogP contribution in [0.4, 0.5) is 10.5 Å². The van der Waals surface area contributed by atoms with Crippen molar-refractivity contribution < 1.29 is 14.3 Å². The summed E-state index contributed by atoms with van der Waals surface area (Å²) in [4.78, 5) is 26.6. The molecule has 1 aliphatic heterocycles. The zero-order valence-corrected chi connectivity index (χ0v) is 19.8. The maximum Gasteiger partial charge on any atom is 0.322 e. The van der Waals surface area contributed by atoms with Crippen LogP contribution >= 0.6 is 23.2 Å². The zero-order valence-electron chi connectivity index (χ0n) is 18.2. The molecule has 0 saturated carbocycles. The molecule has 0 spiro atoms. The second-order valence-corrected chi connectivity index (χ2v) is 8.13. The van der Waals surface area contributed by atoms with E-state index in [4.69, 9.17) is 44.3 Å². The van der Waals surface area contributed by atoms with Gasteiger partial charge < -0.3 is 26.0 Å². The molecule has 5 N–H and O–H groups in total. The quantitative estimate of drug-likeness (QED) is 0.354. The molecule has 2 aromatic rings. The molecular weight excluding hydrogens is 479 g/mol. The number of carbonyl (C=O) groups is 2. The molecule has 3 rings (SSSR count). The van der Waals surface area contributed by atoms with Crippen molar-refractivity contribution in [2.45, 2.75) is 6.92 Å². The number of nitriles is 1. The summed E-state index contributed by atoms with van der Waals surface area (Å²) >= 11 is 12.2. The molecule has 9 nitrogen and oxygen atoms in total. The molecular formula is C23H22Cl2N6O3. The fourth-order valence-electron chi connectivity index (χ4n) is 3.42. The average Bonchev–Trinajstić information content (AvgIpc) is 2.79. The lowest BCUT2D eigenvalue weighted by Gasteiger charge is -2.31. The van der Waals surface area contributed by atoms with E-state index in [1.54, 1.807) is 18.2 Å². The van der Waals surface area contributed by atoms with Crippen LogP contribution in [0.5, 0.6) is 5.75 Å². The van der Waals surface area contributed by atoms with Crippen molar-refractivity contribution in [2.75, 3.05) is 31.6 Å². The standard InChI is InChI=1S/C23H22Cl2N6O3/c1-2-34-17-8-14(7-15(24)9-17)21(27)20(22(28)32)19-12-31(6-5-29-19)23(33)30-16-4-3-13(11-26)18(25)10-16/h3-4,7-10,27,29H,2,5-6,12H2,1H3,(H2,28,32)(H,30,33)/b20-19+,27-21?. The van der Waals surface area contributed by atoms with Gasteiger partial charge >= 0.3 is 6.03 Å². The molecule has 1 saturated heterocycles. The molecule has 0 atom stereocenters. The Kier molecular flexibility index (Phi) is 7.99. The number of carbonyl (C=O) groups excluding carboxylic acids is 2. The summed E-state index contributed by atoms with van der Waals surface area (Å²) in [5.41, 5.74) is 6.85. The molecule has 0 aliphatic carbocycles. The molecule has 0 aromatic heterocycles. The fraction of sp³-hybridized carbons (Fsp3) is 0.217. The highest BCUT2D eigenvalue weighted by Gasteiger charge is 2.26. The van der Waals surface area contributed by atoms with Crippen molar-refractivity contribution in [3.8, 4) is 11.8 Å². The van der Waals surface area contributed by atoms with Crippen molar-refractivity contribution >= 4 is 46.5 Å². The van der Waals surface area contributed by atoms with Crippen molar-refractivity contribution in [1.82, 2.24) is 10.2 Å². The smallest absolute Gasteiger partial charge is 0.322 e. The van der Waals surface area contributed by atoms with E-state index >= 15 is 0 Å². The van der Waals surface area contributed by atoms with Crippen LogP contribution in [0.3, 0.4) is 0 Å². The predicted octanol–water partition coefficient (Wildman–Crippen LogP) is 3.51. The van der Waals surface area contributed by atoms with Crippen LogP contribution in [0.15, 0.2) is 47.7 Å². The number of halogens is 2. The molecule has 1 aliphatic rings. The number of nitrogens with one attached hydrogen (secondary N) is 3. The van der Waals surface area contributed by atoms with E-state index in [1.165, 1.54) is 23.1 Å². The first-order chi connectivity index (χ1) is 16.2. The summed E-state index contributed by atoms with van der Waals surface area (Å²) in [5.74, 6) is -0.353. The van der Waals surface area contributed by atoms with Crippen molar-refractivity contribution in [2.24, 2.45) is 5.73 Å². The predicted molar refractivity (Wildman–Crippen MR) is 130 cm³/mol. The monoisotopic (exact) mass is 500 g/mol. The van der Waals surface area contributed by atoms with Crippen LogP contribution in [-0.2, 0) is 4.79 Å². The van der Waals surface area contributed by atoms with E-state index in [9.17, 15) is 9.59 Å². The van der Waals surface area contributed by atoms with E-state index in [1.807, 2.05) is 13.0 Å². The SMILES string of the molecule is CCOc1cc(Cl)cc(C(=N)/C(C(N)=O)=C2/CN(C(=O)Nc3ccc(C#N)c(Cl)c3)CCN2)c1. The number of nitrogens with two attached hydrogens (primary N) is 1. The van der Waals surface area contributed by atoms with Gasteiger partial charge in [-0.05, 0) is 43.3 Å². The normalized spacial score (nSPS) is 14.5. The van der Waals surface area contributed by atoms with Gasteiger partial charge in [-0.25, -0.2) is 4.79 Å². The number of hydrogen-bond donors (Lipinski definition) is 4. The highest BCUT2D eigenvalue weighted by atomic mass is 35.5. The van der Waals surface area contributed by atoms with Gasteiger partial charge in [0.05, 0.1) is 35.0 Å². The Balaban J connectivity index is 1.85. The first-order valence-electron chi connectivity index (χ1n) is 10.3. The number of anilines is 1. The van der Waals surface area contributed by atoms with E-state index in [2.05, 4.69) is 10.6 Å². The van der Waals surface area contributed by atoms with Crippen LogP contribution in [0.2, 0.25) is 10.0 Å². The molecule has 3 amide bonds. The average molecular weight is 501 g/mol. The van der Waals surface area contributed by atoms with Gasteiger partial charge in [-0.3, -0.25) is 10.2 Å². The van der Waals surface area contributed by atoms with Gasteiger partial charge in [-0.1, -0.05) is 23.2 Å². The largest absolute Gasteiger partial charge is 0.494 e. The topological polar surface area (TPSA) is 144 Å². The van der Waals surface area contributed by atoms with E-state index in [-0.39, 0.29) is 22.9 Å². The maximum absolute atomic E-state index is 12.8. The van der Waals surface area contributed by atoms with Crippen molar-refractivity contribution in [3.63, 3.8) is 0 Å². The summed E-state index contributed by atoms with van der Waals surface area (Å²) in [6, 6.07) is 10.8. The lowest BCUT2D eigenvalue weighted by atomic mass is 9.98.